The highest BCUT2D eigenvalue weighted by molar-refractivity contribution is 9.10. The average molecular weight is 386 g/mol. The normalized spacial score (nSPS) is 10.2. The summed E-state index contributed by atoms with van der Waals surface area (Å²) in [6, 6.07) is 14.6. The largest absolute Gasteiger partial charge is 0.493 e. The van der Waals surface area contributed by atoms with Crippen molar-refractivity contribution in [3.05, 3.63) is 58.4 Å². The van der Waals surface area contributed by atoms with Gasteiger partial charge in [0, 0.05) is 16.1 Å². The third kappa shape index (κ3) is 3.55. The Hall–Kier alpha value is -2.85. The maximum Gasteiger partial charge on any atom is 0.264 e. The molecule has 6 nitrogen and oxygen atoms in total. The molecule has 3 aromatic rings. The third-order valence-electron chi connectivity index (χ3n) is 3.19. The van der Waals surface area contributed by atoms with Gasteiger partial charge in [-0.15, -0.1) is 0 Å². The van der Waals surface area contributed by atoms with Gasteiger partial charge in [0.25, 0.3) is 5.89 Å². The molecule has 3 rings (SSSR count). The van der Waals surface area contributed by atoms with Crippen LogP contribution in [0.25, 0.3) is 11.4 Å². The second-order valence-electron chi connectivity index (χ2n) is 4.79. The Bertz CT molecular complexity index is 902. The molecule has 0 bridgehead atoms. The summed E-state index contributed by atoms with van der Waals surface area (Å²) < 4.78 is 17.0. The van der Waals surface area contributed by atoms with Gasteiger partial charge < -0.3 is 14.0 Å². The summed E-state index contributed by atoms with van der Waals surface area (Å²) in [5, 5.41) is 12.9. The SMILES string of the molecule is COc1cc(C#N)ccc1OCc1nc(-c2cccc(Br)c2)no1. The van der Waals surface area contributed by atoms with Crippen LogP contribution in [-0.2, 0) is 6.61 Å². The highest BCUT2D eigenvalue weighted by Gasteiger charge is 2.11. The molecule has 0 unspecified atom stereocenters. The molecule has 0 aliphatic heterocycles. The van der Waals surface area contributed by atoms with Gasteiger partial charge in [0.1, 0.15) is 0 Å². The van der Waals surface area contributed by atoms with E-state index in [1.165, 1.54) is 7.11 Å². The molecule has 120 valence electrons. The Morgan fingerprint density at radius 3 is 2.83 bits per heavy atom. The summed E-state index contributed by atoms with van der Waals surface area (Å²) >= 11 is 3.41. The third-order valence-corrected chi connectivity index (χ3v) is 3.69. The Balaban J connectivity index is 1.73. The van der Waals surface area contributed by atoms with Crippen LogP contribution in [0.3, 0.4) is 0 Å². The number of nitrogens with zero attached hydrogens (tertiary/aromatic N) is 3. The Morgan fingerprint density at radius 2 is 2.08 bits per heavy atom. The lowest BCUT2D eigenvalue weighted by Crippen LogP contribution is -1.98. The zero-order valence-electron chi connectivity index (χ0n) is 12.7. The predicted octanol–water partition coefficient (Wildman–Crippen LogP) is 3.96. The first kappa shape index (κ1) is 16.0. The molecule has 1 heterocycles. The first-order chi connectivity index (χ1) is 11.7. The number of halogens is 1. The second-order valence-corrected chi connectivity index (χ2v) is 5.70. The van der Waals surface area contributed by atoms with E-state index in [9.17, 15) is 0 Å². The molecular weight excluding hydrogens is 374 g/mol. The zero-order chi connectivity index (χ0) is 16.9. The first-order valence-corrected chi connectivity index (χ1v) is 7.78. The molecular formula is C17H12BrN3O3. The van der Waals surface area contributed by atoms with Crippen LogP contribution >= 0.6 is 15.9 Å². The van der Waals surface area contributed by atoms with Gasteiger partial charge in [0.2, 0.25) is 5.82 Å². The minimum absolute atomic E-state index is 0.100. The van der Waals surface area contributed by atoms with Crippen molar-refractivity contribution >= 4 is 15.9 Å². The van der Waals surface area contributed by atoms with E-state index in [1.54, 1.807) is 18.2 Å². The van der Waals surface area contributed by atoms with E-state index in [4.69, 9.17) is 19.3 Å². The lowest BCUT2D eigenvalue weighted by Gasteiger charge is -2.08. The molecule has 0 aliphatic carbocycles. The van der Waals surface area contributed by atoms with Gasteiger partial charge in [-0.1, -0.05) is 33.2 Å². The maximum absolute atomic E-state index is 8.90. The van der Waals surface area contributed by atoms with Crippen LogP contribution in [0.15, 0.2) is 51.5 Å². The number of benzene rings is 2. The number of hydrogen-bond donors (Lipinski definition) is 0. The first-order valence-electron chi connectivity index (χ1n) is 6.99. The van der Waals surface area contributed by atoms with Crippen LogP contribution in [0.5, 0.6) is 11.5 Å². The van der Waals surface area contributed by atoms with Gasteiger partial charge in [-0.05, 0) is 24.3 Å². The van der Waals surface area contributed by atoms with Crippen LogP contribution < -0.4 is 9.47 Å². The van der Waals surface area contributed by atoms with Gasteiger partial charge in [0.05, 0.1) is 18.7 Å². The Labute approximate surface area is 146 Å². The summed E-state index contributed by atoms with van der Waals surface area (Å²) in [7, 11) is 1.52. The lowest BCUT2D eigenvalue weighted by molar-refractivity contribution is 0.233. The monoisotopic (exact) mass is 385 g/mol. The van der Waals surface area contributed by atoms with Gasteiger partial charge in [-0.3, -0.25) is 0 Å². The van der Waals surface area contributed by atoms with Crippen molar-refractivity contribution in [3.8, 4) is 29.0 Å². The second kappa shape index (κ2) is 7.15. The fourth-order valence-electron chi connectivity index (χ4n) is 2.05. The van der Waals surface area contributed by atoms with E-state index in [-0.39, 0.29) is 6.61 Å². The fraction of sp³-hybridized carbons (Fsp3) is 0.118. The lowest BCUT2D eigenvalue weighted by atomic mass is 10.2. The molecule has 0 saturated carbocycles. The van der Waals surface area contributed by atoms with Crippen molar-refractivity contribution in [2.24, 2.45) is 0 Å². The summed E-state index contributed by atoms with van der Waals surface area (Å²) in [6.45, 7) is 0.100. The summed E-state index contributed by atoms with van der Waals surface area (Å²) in [4.78, 5) is 4.31. The molecule has 0 radical (unpaired) electrons. The highest BCUT2D eigenvalue weighted by Crippen LogP contribution is 2.28. The number of methoxy groups -OCH3 is 1. The number of rotatable bonds is 5. The quantitative estimate of drug-likeness (QED) is 0.660. The minimum Gasteiger partial charge on any atom is -0.493 e. The summed E-state index contributed by atoms with van der Waals surface area (Å²) in [6.07, 6.45) is 0. The molecule has 0 amide bonds. The molecule has 2 aromatic carbocycles. The van der Waals surface area contributed by atoms with E-state index in [0.29, 0.717) is 28.8 Å². The summed E-state index contributed by atoms with van der Waals surface area (Å²) in [5.74, 6) is 1.80. The molecule has 0 saturated heterocycles. The molecule has 7 heteroatoms. The average Bonchev–Trinajstić information content (AvgIpc) is 3.09. The number of aromatic nitrogens is 2. The number of hydrogen-bond acceptors (Lipinski definition) is 6. The fourth-order valence-corrected chi connectivity index (χ4v) is 2.45. The van der Waals surface area contributed by atoms with Crippen LogP contribution in [0.2, 0.25) is 0 Å². The van der Waals surface area contributed by atoms with E-state index in [2.05, 4.69) is 26.1 Å². The predicted molar refractivity (Wildman–Crippen MR) is 89.5 cm³/mol. The van der Waals surface area contributed by atoms with Crippen LogP contribution in [-0.4, -0.2) is 17.3 Å². The van der Waals surface area contributed by atoms with E-state index >= 15 is 0 Å². The van der Waals surface area contributed by atoms with Crippen molar-refractivity contribution in [2.45, 2.75) is 6.61 Å². The topological polar surface area (TPSA) is 81.2 Å². The van der Waals surface area contributed by atoms with Crippen LogP contribution in [0, 0.1) is 11.3 Å². The van der Waals surface area contributed by atoms with Crippen molar-refractivity contribution in [1.29, 1.82) is 5.26 Å². The molecule has 0 atom stereocenters. The minimum atomic E-state index is 0.100. The molecule has 0 fully saturated rings. The van der Waals surface area contributed by atoms with Crippen molar-refractivity contribution in [3.63, 3.8) is 0 Å². The smallest absolute Gasteiger partial charge is 0.264 e. The summed E-state index contributed by atoms with van der Waals surface area (Å²) in [5.41, 5.74) is 1.34. The standard InChI is InChI=1S/C17H12BrN3O3/c1-22-15-7-11(9-19)5-6-14(15)23-10-16-20-17(21-24-16)12-3-2-4-13(18)8-12/h2-8H,10H2,1H3. The molecule has 0 aliphatic rings. The molecule has 0 spiro atoms. The van der Waals surface area contributed by atoms with Crippen molar-refractivity contribution in [1.82, 2.24) is 10.1 Å². The van der Waals surface area contributed by atoms with Crippen molar-refractivity contribution in [2.75, 3.05) is 7.11 Å². The zero-order valence-corrected chi connectivity index (χ0v) is 14.3. The number of nitriles is 1. The molecule has 1 aromatic heterocycles. The van der Waals surface area contributed by atoms with Gasteiger partial charge in [0.15, 0.2) is 18.1 Å². The van der Waals surface area contributed by atoms with Gasteiger partial charge in [-0.2, -0.15) is 10.2 Å². The number of ether oxygens (including phenoxy) is 2. The Kier molecular flexibility index (Phi) is 4.77. The Morgan fingerprint density at radius 1 is 1.21 bits per heavy atom. The van der Waals surface area contributed by atoms with Gasteiger partial charge in [-0.25, -0.2) is 0 Å². The maximum atomic E-state index is 8.90. The van der Waals surface area contributed by atoms with Crippen LogP contribution in [0.4, 0.5) is 0 Å². The molecule has 24 heavy (non-hydrogen) atoms. The van der Waals surface area contributed by atoms with E-state index in [1.807, 2.05) is 30.3 Å². The van der Waals surface area contributed by atoms with E-state index < -0.39 is 0 Å². The van der Waals surface area contributed by atoms with Gasteiger partial charge >= 0.3 is 0 Å². The van der Waals surface area contributed by atoms with Crippen molar-refractivity contribution < 1.29 is 14.0 Å². The molecule has 0 N–H and O–H groups in total. The highest BCUT2D eigenvalue weighted by atomic mass is 79.9. The van der Waals surface area contributed by atoms with Crippen LogP contribution in [0.1, 0.15) is 11.5 Å². The van der Waals surface area contributed by atoms with E-state index in [0.717, 1.165) is 10.0 Å².